The second kappa shape index (κ2) is 10.7. The van der Waals surface area contributed by atoms with Gasteiger partial charge in [0.05, 0.1) is 4.90 Å². The molecule has 0 aliphatic rings. The number of benzene rings is 6. The molecular formula is C37H26O3S2. The van der Waals surface area contributed by atoms with Crippen LogP contribution in [0.1, 0.15) is 5.56 Å². The summed E-state index contributed by atoms with van der Waals surface area (Å²) < 4.78 is 31.6. The lowest BCUT2D eigenvalue weighted by Crippen LogP contribution is -1.95. The van der Waals surface area contributed by atoms with Crippen LogP contribution in [0.2, 0.25) is 0 Å². The lowest BCUT2D eigenvalue weighted by molar-refractivity contribution is 0.610. The van der Waals surface area contributed by atoms with Crippen molar-refractivity contribution in [3.05, 3.63) is 145 Å². The first-order valence-electron chi connectivity index (χ1n) is 13.7. The van der Waals surface area contributed by atoms with Gasteiger partial charge in [-0.15, -0.1) is 0 Å². The first-order valence-corrected chi connectivity index (χ1v) is 16.5. The lowest BCUT2D eigenvalue weighted by atomic mass is 9.96. The molecule has 0 atom stereocenters. The predicted molar refractivity (Wildman–Crippen MR) is 174 cm³/mol. The molecule has 0 aliphatic heterocycles. The topological polar surface area (TPSA) is 47.3 Å². The van der Waals surface area contributed by atoms with E-state index < -0.39 is 8.87 Å². The first kappa shape index (κ1) is 26.3. The van der Waals surface area contributed by atoms with Gasteiger partial charge >= 0.3 is 0 Å². The summed E-state index contributed by atoms with van der Waals surface area (Å²) in [5.41, 5.74) is 9.51. The molecule has 42 heavy (non-hydrogen) atoms. The van der Waals surface area contributed by atoms with E-state index in [9.17, 15) is 8.42 Å². The van der Waals surface area contributed by atoms with E-state index in [1.807, 2.05) is 67.6 Å². The number of para-hydroxylation sites is 1. The number of furan rings is 1. The average Bonchev–Trinajstić information content (AvgIpc) is 3.40. The minimum absolute atomic E-state index is 0.317. The summed E-state index contributed by atoms with van der Waals surface area (Å²) in [5, 5.41) is 2.25. The van der Waals surface area contributed by atoms with Gasteiger partial charge in [0.15, 0.2) is 0 Å². The van der Waals surface area contributed by atoms with E-state index in [4.69, 9.17) is 4.42 Å². The Morgan fingerprint density at radius 1 is 0.500 bits per heavy atom. The van der Waals surface area contributed by atoms with Crippen molar-refractivity contribution in [1.29, 1.82) is 0 Å². The molecule has 204 valence electrons. The summed E-state index contributed by atoms with van der Waals surface area (Å²) in [7, 11) is -2.60. The molecule has 0 N–H and O–H groups in total. The van der Waals surface area contributed by atoms with Crippen LogP contribution in [-0.4, -0.2) is 8.42 Å². The Hall–Kier alpha value is -4.58. The normalized spacial score (nSPS) is 11.7. The molecule has 0 saturated heterocycles. The molecule has 5 heteroatoms. The fourth-order valence-electron chi connectivity index (χ4n) is 5.22. The molecule has 0 spiro atoms. The standard InChI is InChI=1S/C37H26O3S2/c1-25-9-20-33(21-10-25)42(38,39)41-32-18-15-27(16-19-32)26-11-13-28(14-12-26)29-5-4-6-30(23-29)31-17-22-37-35(24-31)34-7-2-3-8-36(34)40-37/h2-24H,1H3. The third-order valence-electron chi connectivity index (χ3n) is 7.49. The van der Waals surface area contributed by atoms with Crippen LogP contribution in [0.3, 0.4) is 0 Å². The molecule has 0 aliphatic carbocycles. The molecule has 3 nitrogen and oxygen atoms in total. The molecular weight excluding hydrogens is 557 g/mol. The van der Waals surface area contributed by atoms with Crippen LogP contribution in [0.5, 0.6) is 0 Å². The minimum atomic E-state index is -3.47. The third kappa shape index (κ3) is 5.13. The SMILES string of the molecule is Cc1ccc(S(=O)(=O)Sc2ccc(-c3ccc(-c4cccc(-c5ccc6oc7ccccc7c6c5)c4)cc3)cc2)cc1. The van der Waals surface area contributed by atoms with Gasteiger partial charge in [0, 0.05) is 26.5 Å². The summed E-state index contributed by atoms with van der Waals surface area (Å²) in [6, 6.07) is 46.2. The van der Waals surface area contributed by atoms with Gasteiger partial charge < -0.3 is 4.42 Å². The maximum atomic E-state index is 12.8. The maximum absolute atomic E-state index is 12.8. The van der Waals surface area contributed by atoms with Crippen LogP contribution in [0.4, 0.5) is 0 Å². The van der Waals surface area contributed by atoms with Crippen LogP contribution < -0.4 is 0 Å². The second-order valence-electron chi connectivity index (χ2n) is 10.3. The van der Waals surface area contributed by atoms with Gasteiger partial charge in [0.25, 0.3) is 0 Å². The molecule has 0 radical (unpaired) electrons. The zero-order valence-electron chi connectivity index (χ0n) is 22.8. The summed E-state index contributed by atoms with van der Waals surface area (Å²) in [4.78, 5) is 1.01. The van der Waals surface area contributed by atoms with Crippen molar-refractivity contribution in [2.24, 2.45) is 0 Å². The van der Waals surface area contributed by atoms with Gasteiger partial charge in [0.1, 0.15) is 11.2 Å². The Labute approximate surface area is 248 Å². The second-order valence-corrected chi connectivity index (χ2v) is 14.2. The first-order chi connectivity index (χ1) is 20.4. The van der Waals surface area contributed by atoms with Crippen LogP contribution in [-0.2, 0) is 8.87 Å². The maximum Gasteiger partial charge on any atom is 0.234 e. The fraction of sp³-hybridized carbons (Fsp3) is 0.0270. The van der Waals surface area contributed by atoms with Crippen LogP contribution in [0.15, 0.2) is 154 Å². The molecule has 7 aromatic rings. The summed E-state index contributed by atoms with van der Waals surface area (Å²) >= 11 is 0. The Bertz CT molecular complexity index is 2160. The summed E-state index contributed by atoms with van der Waals surface area (Å²) in [6.45, 7) is 1.94. The smallest absolute Gasteiger partial charge is 0.234 e. The van der Waals surface area contributed by atoms with Crippen molar-refractivity contribution < 1.29 is 12.8 Å². The van der Waals surface area contributed by atoms with E-state index in [-0.39, 0.29) is 0 Å². The van der Waals surface area contributed by atoms with Crippen molar-refractivity contribution in [3.8, 4) is 33.4 Å². The zero-order valence-corrected chi connectivity index (χ0v) is 24.5. The van der Waals surface area contributed by atoms with Crippen molar-refractivity contribution in [1.82, 2.24) is 0 Å². The van der Waals surface area contributed by atoms with Crippen LogP contribution in [0, 0.1) is 6.92 Å². The van der Waals surface area contributed by atoms with Crippen molar-refractivity contribution in [2.45, 2.75) is 16.7 Å². The van der Waals surface area contributed by atoms with Crippen LogP contribution >= 0.6 is 10.8 Å². The molecule has 0 bridgehead atoms. The number of fused-ring (bicyclic) bond motifs is 3. The van der Waals surface area contributed by atoms with E-state index in [0.717, 1.165) is 71.7 Å². The van der Waals surface area contributed by atoms with E-state index in [1.54, 1.807) is 12.1 Å². The van der Waals surface area contributed by atoms with Gasteiger partial charge in [-0.05, 0) is 88.8 Å². The Morgan fingerprint density at radius 2 is 1.05 bits per heavy atom. The van der Waals surface area contributed by atoms with Crippen molar-refractivity contribution >= 4 is 41.6 Å². The van der Waals surface area contributed by atoms with Gasteiger partial charge in [0.2, 0.25) is 8.87 Å². The lowest BCUT2D eigenvalue weighted by Gasteiger charge is -2.09. The highest BCUT2D eigenvalue weighted by atomic mass is 33.1. The number of aryl methyl sites for hydroxylation is 1. The summed E-state index contributed by atoms with van der Waals surface area (Å²) in [6.07, 6.45) is 0. The highest BCUT2D eigenvalue weighted by molar-refractivity contribution is 8.72. The Morgan fingerprint density at radius 3 is 1.76 bits per heavy atom. The van der Waals surface area contributed by atoms with Crippen molar-refractivity contribution in [3.63, 3.8) is 0 Å². The van der Waals surface area contributed by atoms with Gasteiger partial charge in [-0.2, -0.15) is 0 Å². The van der Waals surface area contributed by atoms with E-state index in [2.05, 4.69) is 66.7 Å². The molecule has 0 saturated carbocycles. The Balaban J connectivity index is 1.11. The van der Waals surface area contributed by atoms with E-state index in [1.165, 1.54) is 0 Å². The monoisotopic (exact) mass is 582 g/mol. The molecule has 0 fully saturated rings. The van der Waals surface area contributed by atoms with E-state index in [0.29, 0.717) is 9.79 Å². The summed E-state index contributed by atoms with van der Waals surface area (Å²) in [5.74, 6) is 0. The van der Waals surface area contributed by atoms with Crippen LogP contribution in [0.25, 0.3) is 55.3 Å². The highest BCUT2D eigenvalue weighted by Gasteiger charge is 2.16. The average molecular weight is 583 g/mol. The van der Waals surface area contributed by atoms with Gasteiger partial charge in [-0.3, -0.25) is 0 Å². The Kier molecular flexibility index (Phi) is 6.69. The number of rotatable bonds is 6. The fourth-order valence-corrected chi connectivity index (χ4v) is 8.00. The largest absolute Gasteiger partial charge is 0.456 e. The predicted octanol–water partition coefficient (Wildman–Crippen LogP) is 10.4. The van der Waals surface area contributed by atoms with Gasteiger partial charge in [-0.1, -0.05) is 96.6 Å². The zero-order chi connectivity index (χ0) is 28.7. The highest BCUT2D eigenvalue weighted by Crippen LogP contribution is 2.35. The molecule has 0 unspecified atom stereocenters. The number of hydrogen-bond donors (Lipinski definition) is 0. The van der Waals surface area contributed by atoms with E-state index >= 15 is 0 Å². The quantitative estimate of drug-likeness (QED) is 0.183. The molecule has 0 amide bonds. The molecule has 7 rings (SSSR count). The number of hydrogen-bond acceptors (Lipinski definition) is 4. The molecule has 6 aromatic carbocycles. The minimum Gasteiger partial charge on any atom is -0.456 e. The third-order valence-corrected chi connectivity index (χ3v) is 10.8. The molecule has 1 heterocycles. The molecule has 1 aromatic heterocycles. The van der Waals surface area contributed by atoms with Gasteiger partial charge in [-0.25, -0.2) is 8.42 Å². The van der Waals surface area contributed by atoms with Crippen molar-refractivity contribution in [2.75, 3.05) is 0 Å².